The number of nitrogens with one attached hydrogen (secondary N) is 1. The number of methoxy groups -OCH3 is 1. The molecule has 1 aromatic rings. The summed E-state index contributed by atoms with van der Waals surface area (Å²) in [6.07, 6.45) is 1.64. The van der Waals surface area contributed by atoms with E-state index in [1.54, 1.807) is 18.5 Å². The Kier molecular flexibility index (Phi) is 6.82. The maximum absolute atomic E-state index is 14.9. The molecule has 0 radical (unpaired) electrons. The van der Waals surface area contributed by atoms with Gasteiger partial charge in [0.05, 0.1) is 31.0 Å². The first kappa shape index (κ1) is 22.3. The smallest absolute Gasteiger partial charge is 0.256 e. The average molecular weight is 436 g/mol. The molecule has 9 heteroatoms. The normalized spacial score (nSPS) is 19.2. The first-order valence-corrected chi connectivity index (χ1v) is 10.4. The number of halogens is 1. The Bertz CT molecular complexity index is 832. The van der Waals surface area contributed by atoms with E-state index in [0.29, 0.717) is 43.8 Å². The van der Waals surface area contributed by atoms with Gasteiger partial charge >= 0.3 is 0 Å². The third-order valence-electron chi connectivity index (χ3n) is 5.73. The summed E-state index contributed by atoms with van der Waals surface area (Å²) in [7, 11) is 1.52. The average Bonchev–Trinajstić information content (AvgIpc) is 3.21. The van der Waals surface area contributed by atoms with Gasteiger partial charge in [-0.1, -0.05) is 12.2 Å². The predicted molar refractivity (Wildman–Crippen MR) is 123 cm³/mol. The van der Waals surface area contributed by atoms with Crippen LogP contribution in [0.4, 0.5) is 15.8 Å². The fraction of sp³-hybridized carbons (Fsp3) is 0.524. The number of hydrogen-bond acceptors (Lipinski definition) is 7. The van der Waals surface area contributed by atoms with Crippen molar-refractivity contribution in [2.75, 3.05) is 49.8 Å². The first-order valence-electron chi connectivity index (χ1n) is 9.94. The van der Waals surface area contributed by atoms with Gasteiger partial charge in [0.15, 0.2) is 0 Å². The summed E-state index contributed by atoms with van der Waals surface area (Å²) in [4.78, 5) is 3.83. The van der Waals surface area contributed by atoms with Gasteiger partial charge in [-0.25, -0.2) is 4.39 Å². The highest BCUT2D eigenvalue weighted by molar-refractivity contribution is 7.80. The molecule has 1 N–H and O–H groups in total. The van der Waals surface area contributed by atoms with Crippen molar-refractivity contribution in [3.8, 4) is 0 Å². The molecular weight excluding hydrogens is 405 g/mol. The molecule has 0 aliphatic carbocycles. The molecule has 0 spiro atoms. The maximum atomic E-state index is 14.9. The molecule has 0 saturated carbocycles. The van der Waals surface area contributed by atoms with Gasteiger partial charge in [0.25, 0.3) is 5.17 Å². The third kappa shape index (κ3) is 4.84. The van der Waals surface area contributed by atoms with Crippen molar-refractivity contribution >= 4 is 35.1 Å². The van der Waals surface area contributed by atoms with Crippen molar-refractivity contribution in [1.82, 2.24) is 10.3 Å². The lowest BCUT2D eigenvalue weighted by atomic mass is 9.96. The van der Waals surface area contributed by atoms with Crippen LogP contribution in [0, 0.1) is 5.82 Å². The Balaban J connectivity index is 1.63. The third-order valence-corrected chi connectivity index (χ3v) is 6.04. The van der Waals surface area contributed by atoms with Crippen molar-refractivity contribution in [1.29, 1.82) is 0 Å². The number of hydrazone groups is 1. The number of hydrogen-bond donors (Lipinski definition) is 1. The molecular formula is C21H30FN5O2S. The summed E-state index contributed by atoms with van der Waals surface area (Å²) in [6.45, 7) is 13.2. The van der Waals surface area contributed by atoms with Crippen LogP contribution in [0.1, 0.15) is 20.8 Å². The maximum Gasteiger partial charge on any atom is 0.256 e. The van der Waals surface area contributed by atoms with Crippen LogP contribution in [0.3, 0.4) is 0 Å². The number of rotatable bonds is 6. The van der Waals surface area contributed by atoms with Gasteiger partial charge in [-0.2, -0.15) is 5.10 Å². The van der Waals surface area contributed by atoms with Crippen LogP contribution in [0.5, 0.6) is 0 Å². The second kappa shape index (κ2) is 9.18. The van der Waals surface area contributed by atoms with Crippen LogP contribution in [-0.4, -0.2) is 68.2 Å². The summed E-state index contributed by atoms with van der Waals surface area (Å²) in [5.74, 6) is -0.284. The molecule has 2 heterocycles. The van der Waals surface area contributed by atoms with Crippen molar-refractivity contribution in [2.24, 2.45) is 5.10 Å². The molecule has 0 amide bonds. The lowest BCUT2D eigenvalue weighted by Crippen LogP contribution is -2.48. The van der Waals surface area contributed by atoms with E-state index >= 15 is 0 Å². The molecule has 1 aromatic carbocycles. The van der Waals surface area contributed by atoms with Crippen LogP contribution in [-0.2, 0) is 9.47 Å². The summed E-state index contributed by atoms with van der Waals surface area (Å²) in [5, 5.41) is 9.83. The van der Waals surface area contributed by atoms with Crippen LogP contribution in [0.25, 0.3) is 0 Å². The van der Waals surface area contributed by atoms with E-state index in [0.717, 1.165) is 11.3 Å². The zero-order valence-electron chi connectivity index (χ0n) is 18.0. The van der Waals surface area contributed by atoms with Gasteiger partial charge < -0.3 is 24.6 Å². The molecule has 2 aliphatic rings. The molecule has 7 nitrogen and oxygen atoms in total. The monoisotopic (exact) mass is 435 g/mol. The molecule has 2 aliphatic heterocycles. The molecule has 1 atom stereocenters. The van der Waals surface area contributed by atoms with Gasteiger partial charge in [-0.05, 0) is 51.2 Å². The topological polar surface area (TPSA) is 52.6 Å². The van der Waals surface area contributed by atoms with E-state index in [1.165, 1.54) is 7.11 Å². The van der Waals surface area contributed by atoms with Gasteiger partial charge in [0.1, 0.15) is 18.9 Å². The minimum Gasteiger partial charge on any atom is -0.474 e. The minimum absolute atomic E-state index is 0.0438. The van der Waals surface area contributed by atoms with Crippen molar-refractivity contribution in [3.63, 3.8) is 0 Å². The van der Waals surface area contributed by atoms with E-state index in [-0.39, 0.29) is 17.5 Å². The van der Waals surface area contributed by atoms with Crippen LogP contribution in [0.15, 0.2) is 35.5 Å². The van der Waals surface area contributed by atoms with Crippen LogP contribution >= 0.6 is 12.2 Å². The number of nitrogens with zero attached hydrogens (tertiary/aromatic N) is 4. The molecule has 1 saturated heterocycles. The zero-order valence-corrected chi connectivity index (χ0v) is 18.8. The number of benzene rings is 1. The molecule has 0 aromatic heterocycles. The second-order valence-corrected chi connectivity index (χ2v) is 8.41. The van der Waals surface area contributed by atoms with Crippen LogP contribution in [0.2, 0.25) is 0 Å². The molecule has 3 rings (SSSR count). The lowest BCUT2D eigenvalue weighted by Gasteiger charge is -2.41. The zero-order chi connectivity index (χ0) is 21.9. The lowest BCUT2D eigenvalue weighted by molar-refractivity contribution is 0.118. The van der Waals surface area contributed by atoms with Gasteiger partial charge in [0.2, 0.25) is 0 Å². The van der Waals surface area contributed by atoms with Crippen molar-refractivity contribution in [2.45, 2.75) is 32.4 Å². The molecule has 164 valence electrons. The Morgan fingerprint density at radius 3 is 2.80 bits per heavy atom. The highest BCUT2D eigenvalue weighted by atomic mass is 32.1. The van der Waals surface area contributed by atoms with E-state index in [1.807, 2.05) is 27.8 Å². The van der Waals surface area contributed by atoms with Crippen LogP contribution < -0.4 is 15.1 Å². The minimum atomic E-state index is -0.284. The first-order chi connectivity index (χ1) is 14.2. The summed E-state index contributed by atoms with van der Waals surface area (Å²) in [6, 6.07) is 5.25. The number of ether oxygens (including phenoxy) is 2. The quantitative estimate of drug-likeness (QED) is 0.545. The van der Waals surface area contributed by atoms with Gasteiger partial charge in [-0.3, -0.25) is 5.01 Å². The van der Waals surface area contributed by atoms with Crippen molar-refractivity contribution in [3.05, 3.63) is 36.2 Å². The van der Waals surface area contributed by atoms with Crippen molar-refractivity contribution < 1.29 is 13.9 Å². The largest absolute Gasteiger partial charge is 0.474 e. The number of anilines is 2. The molecule has 0 bridgehead atoms. The highest BCUT2D eigenvalue weighted by Gasteiger charge is 2.29. The van der Waals surface area contributed by atoms with E-state index in [9.17, 15) is 4.39 Å². The summed E-state index contributed by atoms with van der Waals surface area (Å²) >= 11 is 4.97. The van der Waals surface area contributed by atoms with E-state index in [4.69, 9.17) is 21.7 Å². The molecule has 1 fully saturated rings. The Morgan fingerprint density at radius 1 is 1.43 bits per heavy atom. The fourth-order valence-corrected chi connectivity index (χ4v) is 3.40. The van der Waals surface area contributed by atoms with Gasteiger partial charge in [0, 0.05) is 25.3 Å². The Morgan fingerprint density at radius 2 is 2.20 bits per heavy atom. The van der Waals surface area contributed by atoms with Gasteiger partial charge in [-0.15, -0.1) is 0 Å². The summed E-state index contributed by atoms with van der Waals surface area (Å²) < 4.78 is 25.6. The molecule has 30 heavy (non-hydrogen) atoms. The Labute approximate surface area is 183 Å². The number of thiocarbonyl (C=S) groups is 1. The molecule has 0 unspecified atom stereocenters. The second-order valence-electron chi connectivity index (χ2n) is 8.04. The predicted octanol–water partition coefficient (Wildman–Crippen LogP) is 2.93. The fourth-order valence-electron chi connectivity index (χ4n) is 3.31. The Hall–Kier alpha value is -2.39. The van der Waals surface area contributed by atoms with E-state index in [2.05, 4.69) is 30.8 Å². The SMILES string of the molecule is C=C(C)C(C)(C)N1CCN(c2ccc(N3CO[C@@H](CNC(=S)OC)C3)cc2F)C=N1. The standard InChI is InChI=1S/C21H30FN5O2S/c1-15(2)21(3,4)27-9-8-25(13-24-27)19-7-6-16(10-18(19)22)26-12-17(29-14-26)11-23-20(30)28-5/h6-7,10,13,17H,1,8-9,11-12,14H2,2-5H3,(H,23,30)/t17-/m0/s1. The van der Waals surface area contributed by atoms with E-state index < -0.39 is 0 Å². The highest BCUT2D eigenvalue weighted by Crippen LogP contribution is 2.29. The summed E-state index contributed by atoms with van der Waals surface area (Å²) in [5.41, 5.74) is 2.10.